The fourth-order valence-corrected chi connectivity index (χ4v) is 9.69. The molecule has 4 heterocycles. The zero-order valence-electron chi connectivity index (χ0n) is 38.9. The molecule has 12 heteroatoms. The number of carbonyl (C=O) groups is 2. The molecule has 0 saturated carbocycles. The summed E-state index contributed by atoms with van der Waals surface area (Å²) in [7, 11) is 0. The predicted molar refractivity (Wildman–Crippen MR) is 271 cm³/mol. The summed E-state index contributed by atoms with van der Waals surface area (Å²) in [6.45, 7) is 7.57. The van der Waals surface area contributed by atoms with Gasteiger partial charge in [-0.3, -0.25) is 9.59 Å². The quantitative estimate of drug-likeness (QED) is 0.0488. The Labute approximate surface area is 406 Å². The lowest BCUT2D eigenvalue weighted by atomic mass is 10.0. The van der Waals surface area contributed by atoms with Gasteiger partial charge in [0.15, 0.2) is 0 Å². The molecule has 4 aromatic carbocycles. The Morgan fingerprint density at radius 1 is 0.544 bits per heavy atom. The number of carboxylic acid groups (broad SMARTS) is 1. The third kappa shape index (κ3) is 14.4. The fraction of sp³-hybridized carbons (Fsp3) is 0.286. The molecule has 0 saturated heterocycles. The van der Waals surface area contributed by atoms with Crippen molar-refractivity contribution in [3.63, 3.8) is 0 Å². The van der Waals surface area contributed by atoms with Crippen molar-refractivity contribution in [1.29, 1.82) is 0 Å². The number of carbonyl (C=O) groups excluding carboxylic acids is 1. The SMILES string of the molecule is CCOC(=O)CCCCCOc1ccccc1Cc1sc(C)nc1-c1ccc(-c2ccco2)cc1.Cc1nc(-c2ccc(-c3ccco3)cc2)c(Cc2ccccc2OCCCCCC(=O)O)s1. The van der Waals surface area contributed by atoms with Crippen LogP contribution in [0, 0.1) is 13.8 Å². The smallest absolute Gasteiger partial charge is 0.305 e. The Morgan fingerprint density at radius 3 is 1.41 bits per heavy atom. The van der Waals surface area contributed by atoms with Crippen molar-refractivity contribution in [1.82, 2.24) is 9.97 Å². The lowest BCUT2D eigenvalue weighted by Gasteiger charge is -2.12. The van der Waals surface area contributed by atoms with Crippen LogP contribution in [0.3, 0.4) is 0 Å². The average Bonchev–Trinajstić information content (AvgIpc) is 4.20. The van der Waals surface area contributed by atoms with E-state index in [1.54, 1.807) is 35.2 Å². The summed E-state index contributed by atoms with van der Waals surface area (Å²) in [5, 5.41) is 10.8. The van der Waals surface area contributed by atoms with E-state index >= 15 is 0 Å². The highest BCUT2D eigenvalue weighted by molar-refractivity contribution is 7.12. The van der Waals surface area contributed by atoms with E-state index in [-0.39, 0.29) is 12.4 Å². The minimum Gasteiger partial charge on any atom is -0.493 e. The number of ether oxygens (including phenoxy) is 3. The molecule has 0 aliphatic carbocycles. The molecule has 10 nitrogen and oxygen atoms in total. The number of hydrogen-bond acceptors (Lipinski definition) is 11. The molecule has 0 amide bonds. The predicted octanol–water partition coefficient (Wildman–Crippen LogP) is 14.5. The van der Waals surface area contributed by atoms with Gasteiger partial charge in [-0.15, -0.1) is 22.7 Å². The summed E-state index contributed by atoms with van der Waals surface area (Å²) in [4.78, 5) is 34.2. The zero-order chi connectivity index (χ0) is 47.5. The van der Waals surface area contributed by atoms with Gasteiger partial charge in [0.05, 0.1) is 53.8 Å². The minimum absolute atomic E-state index is 0.120. The van der Waals surface area contributed by atoms with E-state index in [0.29, 0.717) is 32.7 Å². The standard InChI is InChI=1S/C29H31NO4S.C27H27NO4S/c1-3-32-28(31)13-5-4-8-18-33-26-11-7-6-10-24(26)20-27-29(30-21(2)35-27)23-16-14-22(15-17-23)25-12-9-19-34-25;1-19-28-27(21-14-12-20(13-15-21)23-10-7-17-32-23)25(33-19)18-22-8-4-5-9-24(22)31-16-6-2-3-11-26(29)30/h6-7,9-12,14-17,19H,3-5,8,13,18,20H2,1-2H3;4-5,7-10,12-15,17H,2-3,6,11,16,18H2,1H3,(H,29,30). The molecule has 0 atom stereocenters. The van der Waals surface area contributed by atoms with Gasteiger partial charge in [0.25, 0.3) is 0 Å². The Hall–Kier alpha value is -6.76. The van der Waals surface area contributed by atoms with Crippen LogP contribution >= 0.6 is 22.7 Å². The number of hydrogen-bond donors (Lipinski definition) is 1. The van der Waals surface area contributed by atoms with Crippen LogP contribution in [0.5, 0.6) is 11.5 Å². The van der Waals surface area contributed by atoms with Crippen molar-refractivity contribution in [2.75, 3.05) is 19.8 Å². The Kier molecular flexibility index (Phi) is 18.4. The molecule has 1 N–H and O–H groups in total. The van der Waals surface area contributed by atoms with E-state index in [1.807, 2.05) is 81.4 Å². The number of aromatic nitrogens is 2. The molecule has 0 aliphatic rings. The van der Waals surface area contributed by atoms with Crippen LogP contribution in [-0.4, -0.2) is 46.8 Å². The van der Waals surface area contributed by atoms with Crippen LogP contribution in [-0.2, 0) is 27.2 Å². The maximum atomic E-state index is 11.5. The number of para-hydroxylation sites is 2. The Bertz CT molecular complexity index is 2770. The zero-order valence-corrected chi connectivity index (χ0v) is 40.5. The van der Waals surface area contributed by atoms with Gasteiger partial charge in [-0.25, -0.2) is 9.97 Å². The molecule has 4 aromatic heterocycles. The fourth-order valence-electron chi connectivity index (χ4n) is 7.73. The van der Waals surface area contributed by atoms with Gasteiger partial charge >= 0.3 is 11.9 Å². The number of aryl methyl sites for hydroxylation is 2. The van der Waals surface area contributed by atoms with Crippen LogP contribution in [0.25, 0.3) is 45.2 Å². The molecular weight excluding hydrogens is 893 g/mol. The van der Waals surface area contributed by atoms with Crippen LogP contribution in [0.1, 0.15) is 89.2 Å². The minimum atomic E-state index is -0.743. The number of aliphatic carboxylic acids is 1. The van der Waals surface area contributed by atoms with Crippen molar-refractivity contribution < 1.29 is 37.7 Å². The van der Waals surface area contributed by atoms with Crippen molar-refractivity contribution in [3.8, 4) is 56.7 Å². The highest BCUT2D eigenvalue weighted by Gasteiger charge is 2.17. The largest absolute Gasteiger partial charge is 0.493 e. The summed E-state index contributed by atoms with van der Waals surface area (Å²) < 4.78 is 28.2. The van der Waals surface area contributed by atoms with Gasteiger partial charge in [0.2, 0.25) is 0 Å². The number of thiazole rings is 2. The summed E-state index contributed by atoms with van der Waals surface area (Å²) in [6.07, 6.45) is 10.6. The first-order chi connectivity index (χ1) is 33.2. The van der Waals surface area contributed by atoms with E-state index < -0.39 is 5.97 Å². The van der Waals surface area contributed by atoms with E-state index in [2.05, 4.69) is 60.7 Å². The number of furan rings is 2. The number of esters is 1. The van der Waals surface area contributed by atoms with Crippen molar-refractivity contribution in [2.45, 2.75) is 85.0 Å². The van der Waals surface area contributed by atoms with E-state index in [0.717, 1.165) is 123 Å². The first-order valence-electron chi connectivity index (χ1n) is 23.2. The molecular formula is C56H58N2O8S2. The Morgan fingerprint density at radius 2 is 0.985 bits per heavy atom. The molecule has 0 spiro atoms. The lowest BCUT2D eigenvalue weighted by Crippen LogP contribution is -2.04. The van der Waals surface area contributed by atoms with E-state index in [9.17, 15) is 9.59 Å². The van der Waals surface area contributed by atoms with Gasteiger partial charge in [0, 0.05) is 57.7 Å². The number of unbranched alkanes of at least 4 members (excludes halogenated alkanes) is 4. The number of nitrogens with zero attached hydrogens (tertiary/aromatic N) is 2. The number of carboxylic acids is 1. The molecule has 8 aromatic rings. The normalized spacial score (nSPS) is 10.9. The molecule has 0 fully saturated rings. The highest BCUT2D eigenvalue weighted by Crippen LogP contribution is 2.35. The van der Waals surface area contributed by atoms with E-state index in [4.69, 9.17) is 38.1 Å². The van der Waals surface area contributed by atoms with Crippen molar-refractivity contribution in [2.24, 2.45) is 0 Å². The molecule has 352 valence electrons. The molecule has 0 radical (unpaired) electrons. The van der Waals surface area contributed by atoms with Gasteiger partial charge in [-0.1, -0.05) is 84.9 Å². The summed E-state index contributed by atoms with van der Waals surface area (Å²) in [5.74, 6) is 2.63. The lowest BCUT2D eigenvalue weighted by molar-refractivity contribution is -0.143. The Balaban J connectivity index is 0.000000202. The van der Waals surface area contributed by atoms with Crippen LogP contribution in [0.15, 0.2) is 143 Å². The van der Waals surface area contributed by atoms with Crippen molar-refractivity contribution in [3.05, 3.63) is 165 Å². The monoisotopic (exact) mass is 950 g/mol. The average molecular weight is 951 g/mol. The molecule has 68 heavy (non-hydrogen) atoms. The third-order valence-corrected chi connectivity index (χ3v) is 13.0. The molecule has 0 aliphatic heterocycles. The van der Waals surface area contributed by atoms with Crippen molar-refractivity contribution >= 4 is 34.6 Å². The maximum Gasteiger partial charge on any atom is 0.305 e. The second kappa shape index (κ2) is 25.4. The van der Waals surface area contributed by atoms with Crippen LogP contribution in [0.4, 0.5) is 0 Å². The molecule has 8 rings (SSSR count). The second-order valence-electron chi connectivity index (χ2n) is 16.2. The third-order valence-electron chi connectivity index (χ3n) is 11.1. The van der Waals surface area contributed by atoms with Gasteiger partial charge in [-0.05, 0) is 107 Å². The number of benzene rings is 4. The van der Waals surface area contributed by atoms with Crippen LogP contribution in [0.2, 0.25) is 0 Å². The topological polar surface area (TPSA) is 134 Å². The van der Waals surface area contributed by atoms with Gasteiger partial charge < -0.3 is 28.2 Å². The highest BCUT2D eigenvalue weighted by atomic mass is 32.1. The van der Waals surface area contributed by atoms with E-state index in [1.165, 1.54) is 9.75 Å². The summed E-state index contributed by atoms with van der Waals surface area (Å²) in [5.41, 5.74) is 8.57. The second-order valence-corrected chi connectivity index (χ2v) is 18.8. The number of rotatable bonds is 23. The van der Waals surface area contributed by atoms with Gasteiger partial charge in [-0.2, -0.15) is 0 Å². The summed E-state index contributed by atoms with van der Waals surface area (Å²) >= 11 is 3.44. The first-order valence-corrected chi connectivity index (χ1v) is 24.9. The molecule has 0 bridgehead atoms. The molecule has 0 unspecified atom stereocenters. The van der Waals surface area contributed by atoms with Gasteiger partial charge in [0.1, 0.15) is 23.0 Å². The van der Waals surface area contributed by atoms with Crippen LogP contribution < -0.4 is 9.47 Å². The maximum absolute atomic E-state index is 11.5. The first kappa shape index (κ1) is 49.2. The summed E-state index contributed by atoms with van der Waals surface area (Å²) in [6, 6.07) is 40.7.